The van der Waals surface area contributed by atoms with E-state index in [9.17, 15) is 13.2 Å². The first-order valence-electron chi connectivity index (χ1n) is 3.51. The first-order chi connectivity index (χ1) is 5.38. The summed E-state index contributed by atoms with van der Waals surface area (Å²) in [6.07, 6.45) is 0.621. The van der Waals surface area contributed by atoms with Gasteiger partial charge in [-0.1, -0.05) is 13.3 Å². The Hall–Kier alpha value is -0.620. The quantitative estimate of drug-likeness (QED) is 0.525. The summed E-state index contributed by atoms with van der Waals surface area (Å²) in [7, 11) is -4.27. The summed E-state index contributed by atoms with van der Waals surface area (Å²) in [5, 5.41) is 0. The van der Waals surface area contributed by atoms with E-state index in [0.29, 0.717) is 6.42 Å². The van der Waals surface area contributed by atoms with Gasteiger partial charge >= 0.3 is 16.1 Å². The molecule has 1 N–H and O–H groups in total. The van der Waals surface area contributed by atoms with Gasteiger partial charge in [-0.05, 0) is 0 Å². The molecule has 0 radical (unpaired) electrons. The normalized spacial score (nSPS) is 13.9. The summed E-state index contributed by atoms with van der Waals surface area (Å²) < 4.78 is 34.0. The average molecular weight is 196 g/mol. The van der Waals surface area contributed by atoms with Crippen molar-refractivity contribution in [2.45, 2.75) is 32.1 Å². The Balaban J connectivity index is 4.34. The molecule has 12 heavy (non-hydrogen) atoms. The van der Waals surface area contributed by atoms with Crippen LogP contribution in [0.2, 0.25) is 0 Å². The van der Waals surface area contributed by atoms with Crippen molar-refractivity contribution in [2.75, 3.05) is 0 Å². The van der Waals surface area contributed by atoms with Gasteiger partial charge in [-0.3, -0.25) is 9.35 Å². The largest absolute Gasteiger partial charge is 0.444 e. The Labute approximate surface area is 71.5 Å². The van der Waals surface area contributed by atoms with Gasteiger partial charge in [0, 0.05) is 13.3 Å². The highest BCUT2D eigenvalue weighted by atomic mass is 32.2. The smallest absolute Gasteiger partial charge is 0.304 e. The van der Waals surface area contributed by atoms with Gasteiger partial charge in [0.2, 0.25) is 5.44 Å². The van der Waals surface area contributed by atoms with Crippen molar-refractivity contribution in [2.24, 2.45) is 0 Å². The number of carbonyl (C=O) groups is 1. The number of hydrogen-bond donors (Lipinski definition) is 1. The van der Waals surface area contributed by atoms with E-state index in [1.165, 1.54) is 0 Å². The molecule has 0 rings (SSSR count). The lowest BCUT2D eigenvalue weighted by Gasteiger charge is -2.11. The monoisotopic (exact) mass is 196 g/mol. The van der Waals surface area contributed by atoms with Crippen LogP contribution in [0.25, 0.3) is 0 Å². The molecule has 0 aromatic carbocycles. The van der Waals surface area contributed by atoms with E-state index in [4.69, 9.17) is 4.55 Å². The topological polar surface area (TPSA) is 80.7 Å². The predicted octanol–water partition coefficient (Wildman–Crippen LogP) is 0.564. The second kappa shape index (κ2) is 4.42. The third-order valence-electron chi connectivity index (χ3n) is 1.15. The molecule has 1 unspecified atom stereocenters. The van der Waals surface area contributed by atoms with E-state index in [1.54, 1.807) is 6.92 Å². The van der Waals surface area contributed by atoms with Crippen molar-refractivity contribution < 1.29 is 22.5 Å². The number of esters is 1. The SMILES string of the molecule is CCCC(OC(C)=O)S(=O)(=O)O. The Kier molecular flexibility index (Phi) is 4.19. The highest BCUT2D eigenvalue weighted by Crippen LogP contribution is 2.08. The Bertz CT molecular complexity index is 243. The summed E-state index contributed by atoms with van der Waals surface area (Å²) >= 11 is 0. The van der Waals surface area contributed by atoms with Crippen molar-refractivity contribution in [3.05, 3.63) is 0 Å². The van der Waals surface area contributed by atoms with Crippen LogP contribution in [-0.4, -0.2) is 24.4 Å². The van der Waals surface area contributed by atoms with Crippen LogP contribution in [0.3, 0.4) is 0 Å². The van der Waals surface area contributed by atoms with E-state index >= 15 is 0 Å². The van der Waals surface area contributed by atoms with Crippen LogP contribution in [0.1, 0.15) is 26.7 Å². The van der Waals surface area contributed by atoms with E-state index in [2.05, 4.69) is 4.74 Å². The molecule has 0 aromatic heterocycles. The predicted molar refractivity (Wildman–Crippen MR) is 42.0 cm³/mol. The maximum Gasteiger partial charge on any atom is 0.304 e. The maximum atomic E-state index is 10.5. The van der Waals surface area contributed by atoms with Crippen LogP contribution >= 0.6 is 0 Å². The molecule has 0 saturated heterocycles. The summed E-state index contributed by atoms with van der Waals surface area (Å²) in [5.74, 6) is -0.717. The number of rotatable bonds is 4. The number of hydrogen-bond acceptors (Lipinski definition) is 4. The third kappa shape index (κ3) is 4.30. The molecule has 0 bridgehead atoms. The molecule has 72 valence electrons. The zero-order chi connectivity index (χ0) is 9.78. The molecular weight excluding hydrogens is 184 g/mol. The van der Waals surface area contributed by atoms with Crippen molar-refractivity contribution in [3.63, 3.8) is 0 Å². The minimum absolute atomic E-state index is 0.110. The Morgan fingerprint density at radius 2 is 2.08 bits per heavy atom. The molecular formula is C6H12O5S. The molecule has 6 heteroatoms. The number of carbonyl (C=O) groups excluding carboxylic acids is 1. The summed E-state index contributed by atoms with van der Waals surface area (Å²) in [4.78, 5) is 10.4. The van der Waals surface area contributed by atoms with E-state index in [1.807, 2.05) is 0 Å². The molecule has 0 saturated carbocycles. The molecule has 0 heterocycles. The molecule has 0 aromatic rings. The fourth-order valence-electron chi connectivity index (χ4n) is 0.689. The van der Waals surface area contributed by atoms with Crippen LogP contribution in [0.15, 0.2) is 0 Å². The highest BCUT2D eigenvalue weighted by Gasteiger charge is 2.24. The minimum Gasteiger partial charge on any atom is -0.444 e. The van der Waals surface area contributed by atoms with E-state index in [-0.39, 0.29) is 6.42 Å². The van der Waals surface area contributed by atoms with Crippen molar-refractivity contribution in [1.29, 1.82) is 0 Å². The molecule has 1 atom stereocenters. The average Bonchev–Trinajstić information content (AvgIpc) is 1.83. The molecule has 0 aliphatic carbocycles. The molecule has 5 nitrogen and oxygen atoms in total. The zero-order valence-electron chi connectivity index (χ0n) is 6.98. The minimum atomic E-state index is -4.27. The maximum absolute atomic E-state index is 10.5. The van der Waals surface area contributed by atoms with Gasteiger partial charge in [0.1, 0.15) is 0 Å². The van der Waals surface area contributed by atoms with Crippen LogP contribution in [0.5, 0.6) is 0 Å². The van der Waals surface area contributed by atoms with E-state index < -0.39 is 21.5 Å². The fraction of sp³-hybridized carbons (Fsp3) is 0.833. The van der Waals surface area contributed by atoms with Crippen molar-refractivity contribution in [3.8, 4) is 0 Å². The van der Waals surface area contributed by atoms with Gasteiger partial charge < -0.3 is 4.74 Å². The third-order valence-corrected chi connectivity index (χ3v) is 2.15. The molecule has 0 fully saturated rings. The van der Waals surface area contributed by atoms with Gasteiger partial charge in [-0.15, -0.1) is 0 Å². The lowest BCUT2D eigenvalue weighted by atomic mass is 10.4. The zero-order valence-corrected chi connectivity index (χ0v) is 7.80. The fourth-order valence-corrected chi connectivity index (χ4v) is 1.48. The summed E-state index contributed by atoms with van der Waals surface area (Å²) in [5.41, 5.74) is -1.42. The molecule has 0 aliphatic rings. The van der Waals surface area contributed by atoms with Gasteiger partial charge in [0.15, 0.2) is 0 Å². The Morgan fingerprint density at radius 3 is 2.33 bits per heavy atom. The molecule has 0 amide bonds. The van der Waals surface area contributed by atoms with Crippen LogP contribution in [-0.2, 0) is 19.6 Å². The van der Waals surface area contributed by atoms with Gasteiger partial charge in [0.25, 0.3) is 0 Å². The second-order valence-electron chi connectivity index (χ2n) is 2.34. The van der Waals surface area contributed by atoms with Crippen molar-refractivity contribution in [1.82, 2.24) is 0 Å². The van der Waals surface area contributed by atoms with Crippen LogP contribution in [0.4, 0.5) is 0 Å². The van der Waals surface area contributed by atoms with Gasteiger partial charge in [0.05, 0.1) is 0 Å². The first-order valence-corrected chi connectivity index (χ1v) is 5.01. The first kappa shape index (κ1) is 11.4. The summed E-state index contributed by atoms with van der Waals surface area (Å²) in [6.45, 7) is 2.81. The molecule has 0 aliphatic heterocycles. The number of ether oxygens (including phenoxy) is 1. The lowest BCUT2D eigenvalue weighted by Crippen LogP contribution is -2.25. The second-order valence-corrected chi connectivity index (χ2v) is 3.90. The van der Waals surface area contributed by atoms with Gasteiger partial charge in [-0.2, -0.15) is 8.42 Å². The summed E-state index contributed by atoms with van der Waals surface area (Å²) in [6, 6.07) is 0. The van der Waals surface area contributed by atoms with Crippen LogP contribution < -0.4 is 0 Å². The standard InChI is InChI=1S/C6H12O5S/c1-3-4-6(11-5(2)7)12(8,9)10/h6H,3-4H2,1-2H3,(H,8,9,10). The van der Waals surface area contributed by atoms with E-state index in [0.717, 1.165) is 6.92 Å². The lowest BCUT2D eigenvalue weighted by molar-refractivity contribution is -0.143. The molecule has 0 spiro atoms. The Morgan fingerprint density at radius 1 is 1.58 bits per heavy atom. The van der Waals surface area contributed by atoms with Gasteiger partial charge in [-0.25, -0.2) is 0 Å². The highest BCUT2D eigenvalue weighted by molar-refractivity contribution is 7.86. The van der Waals surface area contributed by atoms with Crippen LogP contribution in [0, 0.1) is 0 Å². The van der Waals surface area contributed by atoms with Crippen molar-refractivity contribution >= 4 is 16.1 Å².